The third-order valence-electron chi connectivity index (χ3n) is 4.65. The number of rotatable bonds is 3. The lowest BCUT2D eigenvalue weighted by Gasteiger charge is -2.22. The molecular formula is C14H23NO3. The predicted octanol–water partition coefficient (Wildman–Crippen LogP) is 1.69. The Kier molecular flexibility index (Phi) is 3.10. The number of carbonyl (C=O) groups excluding carboxylic acids is 1. The van der Waals surface area contributed by atoms with E-state index in [-0.39, 0.29) is 17.9 Å². The molecule has 1 aliphatic heterocycles. The van der Waals surface area contributed by atoms with E-state index in [1.165, 1.54) is 19.3 Å². The van der Waals surface area contributed by atoms with Crippen molar-refractivity contribution in [2.24, 2.45) is 17.8 Å². The fourth-order valence-corrected chi connectivity index (χ4v) is 3.78. The second kappa shape index (κ2) is 4.49. The Morgan fingerprint density at radius 1 is 1.33 bits per heavy atom. The maximum absolute atomic E-state index is 12.1. The molecule has 1 N–H and O–H groups in total. The second-order valence-electron chi connectivity index (χ2n) is 6.48. The minimum atomic E-state index is -0.498. The average molecular weight is 253 g/mol. The first-order valence-corrected chi connectivity index (χ1v) is 7.13. The first kappa shape index (κ1) is 12.4. The van der Waals surface area contributed by atoms with Gasteiger partial charge in [0.2, 0.25) is 5.91 Å². The topological polar surface area (TPSA) is 47.6 Å². The monoisotopic (exact) mass is 253 g/mol. The molecule has 0 aromatic rings. The highest BCUT2D eigenvalue weighted by molar-refractivity contribution is 5.79. The molecular weight excluding hydrogens is 230 g/mol. The van der Waals surface area contributed by atoms with Crippen molar-refractivity contribution in [3.05, 3.63) is 0 Å². The lowest BCUT2D eigenvalue weighted by Crippen LogP contribution is -2.39. The fourth-order valence-electron chi connectivity index (χ4n) is 3.78. The molecule has 0 radical (unpaired) electrons. The highest BCUT2D eigenvalue weighted by atomic mass is 16.7. The summed E-state index contributed by atoms with van der Waals surface area (Å²) >= 11 is 0. The summed E-state index contributed by atoms with van der Waals surface area (Å²) in [7, 11) is 0. The molecule has 102 valence electrons. The van der Waals surface area contributed by atoms with Gasteiger partial charge >= 0.3 is 0 Å². The van der Waals surface area contributed by atoms with Crippen LogP contribution in [0.5, 0.6) is 0 Å². The highest BCUT2D eigenvalue weighted by Crippen LogP contribution is 2.48. The third-order valence-corrected chi connectivity index (χ3v) is 4.65. The molecule has 1 saturated heterocycles. The van der Waals surface area contributed by atoms with E-state index in [1.54, 1.807) is 0 Å². The van der Waals surface area contributed by atoms with Crippen molar-refractivity contribution in [2.75, 3.05) is 13.2 Å². The standard InChI is InChI=1S/C14H23NO3/c1-14(2)17-8-11(18-14)7-15-13(16)12-6-9-3-4-10(12)5-9/h9-12H,3-8H2,1-2H3,(H,15,16). The van der Waals surface area contributed by atoms with Gasteiger partial charge in [0.1, 0.15) is 6.10 Å². The van der Waals surface area contributed by atoms with E-state index in [2.05, 4.69) is 5.32 Å². The van der Waals surface area contributed by atoms with E-state index in [1.807, 2.05) is 13.8 Å². The predicted molar refractivity (Wildman–Crippen MR) is 66.9 cm³/mol. The SMILES string of the molecule is CC1(C)OCC(CNC(=O)C2CC3CCC2C3)O1. The molecule has 4 heteroatoms. The van der Waals surface area contributed by atoms with Gasteiger partial charge < -0.3 is 14.8 Å². The van der Waals surface area contributed by atoms with Crippen LogP contribution in [-0.2, 0) is 14.3 Å². The maximum atomic E-state index is 12.1. The van der Waals surface area contributed by atoms with Crippen LogP contribution >= 0.6 is 0 Å². The fraction of sp³-hybridized carbons (Fsp3) is 0.929. The Morgan fingerprint density at radius 2 is 2.17 bits per heavy atom. The molecule has 4 unspecified atom stereocenters. The van der Waals surface area contributed by atoms with Crippen LogP contribution < -0.4 is 5.32 Å². The zero-order valence-corrected chi connectivity index (χ0v) is 11.3. The van der Waals surface area contributed by atoms with E-state index in [9.17, 15) is 4.79 Å². The summed E-state index contributed by atoms with van der Waals surface area (Å²) in [6.45, 7) is 4.97. The summed E-state index contributed by atoms with van der Waals surface area (Å²) in [5.41, 5.74) is 0. The van der Waals surface area contributed by atoms with E-state index < -0.39 is 5.79 Å². The maximum Gasteiger partial charge on any atom is 0.223 e. The van der Waals surface area contributed by atoms with Gasteiger partial charge in [-0.1, -0.05) is 6.42 Å². The summed E-state index contributed by atoms with van der Waals surface area (Å²) in [5, 5.41) is 3.05. The largest absolute Gasteiger partial charge is 0.353 e. The van der Waals surface area contributed by atoms with Crippen LogP contribution in [-0.4, -0.2) is 30.9 Å². The summed E-state index contributed by atoms with van der Waals surface area (Å²) in [6.07, 6.45) is 4.96. The molecule has 2 saturated carbocycles. The molecule has 3 aliphatic rings. The number of nitrogens with one attached hydrogen (secondary N) is 1. The van der Waals surface area contributed by atoms with Crippen LogP contribution in [0.2, 0.25) is 0 Å². The molecule has 0 aromatic heterocycles. The smallest absolute Gasteiger partial charge is 0.223 e. The first-order chi connectivity index (χ1) is 8.53. The summed E-state index contributed by atoms with van der Waals surface area (Å²) in [5.74, 6) is 1.46. The number of fused-ring (bicyclic) bond motifs is 2. The van der Waals surface area contributed by atoms with Gasteiger partial charge in [0.05, 0.1) is 6.61 Å². The molecule has 0 spiro atoms. The van der Waals surface area contributed by atoms with Gasteiger partial charge in [0.25, 0.3) is 0 Å². The Hall–Kier alpha value is -0.610. The molecule has 1 amide bonds. The summed E-state index contributed by atoms with van der Waals surface area (Å²) < 4.78 is 11.2. The molecule has 1 heterocycles. The van der Waals surface area contributed by atoms with Crippen LogP contribution in [0.25, 0.3) is 0 Å². The quantitative estimate of drug-likeness (QED) is 0.832. The van der Waals surface area contributed by atoms with Gasteiger partial charge in [-0.15, -0.1) is 0 Å². The molecule has 4 atom stereocenters. The normalized spacial score (nSPS) is 41.2. The Balaban J connectivity index is 1.45. The molecule has 3 fully saturated rings. The average Bonchev–Trinajstić information content (AvgIpc) is 3.00. The van der Waals surface area contributed by atoms with E-state index in [0.717, 1.165) is 12.3 Å². The highest BCUT2D eigenvalue weighted by Gasteiger charge is 2.43. The Labute approximate surface area is 108 Å². The van der Waals surface area contributed by atoms with Gasteiger partial charge in [-0.2, -0.15) is 0 Å². The van der Waals surface area contributed by atoms with Crippen LogP contribution in [0.4, 0.5) is 0 Å². The minimum Gasteiger partial charge on any atom is -0.353 e. The van der Waals surface area contributed by atoms with Gasteiger partial charge in [0, 0.05) is 12.5 Å². The van der Waals surface area contributed by atoms with E-state index in [4.69, 9.17) is 9.47 Å². The van der Waals surface area contributed by atoms with Crippen molar-refractivity contribution in [3.63, 3.8) is 0 Å². The number of ether oxygens (including phenoxy) is 2. The number of hydrogen-bond acceptors (Lipinski definition) is 3. The number of carbonyl (C=O) groups is 1. The summed E-state index contributed by atoms with van der Waals surface area (Å²) in [4.78, 5) is 12.1. The molecule has 4 nitrogen and oxygen atoms in total. The van der Waals surface area contributed by atoms with Gasteiger partial charge in [-0.3, -0.25) is 4.79 Å². The van der Waals surface area contributed by atoms with Gasteiger partial charge in [-0.05, 0) is 44.9 Å². The molecule has 2 aliphatic carbocycles. The van der Waals surface area contributed by atoms with Crippen molar-refractivity contribution in [2.45, 2.75) is 51.4 Å². The van der Waals surface area contributed by atoms with Gasteiger partial charge in [0.15, 0.2) is 5.79 Å². The lowest BCUT2D eigenvalue weighted by atomic mass is 9.88. The Morgan fingerprint density at radius 3 is 2.72 bits per heavy atom. The van der Waals surface area contributed by atoms with E-state index >= 15 is 0 Å². The number of amides is 1. The molecule has 3 rings (SSSR count). The van der Waals surface area contributed by atoms with Crippen molar-refractivity contribution >= 4 is 5.91 Å². The van der Waals surface area contributed by atoms with E-state index in [0.29, 0.717) is 19.1 Å². The van der Waals surface area contributed by atoms with Crippen molar-refractivity contribution < 1.29 is 14.3 Å². The van der Waals surface area contributed by atoms with Crippen LogP contribution in [0.15, 0.2) is 0 Å². The zero-order valence-electron chi connectivity index (χ0n) is 11.3. The first-order valence-electron chi connectivity index (χ1n) is 7.13. The summed E-state index contributed by atoms with van der Waals surface area (Å²) in [6, 6.07) is 0. The van der Waals surface area contributed by atoms with Crippen LogP contribution in [0.1, 0.15) is 39.5 Å². The zero-order chi connectivity index (χ0) is 12.8. The third kappa shape index (κ3) is 2.41. The Bertz CT molecular complexity index is 342. The number of hydrogen-bond donors (Lipinski definition) is 1. The lowest BCUT2D eigenvalue weighted by molar-refractivity contribution is -0.140. The molecule has 2 bridgehead atoms. The minimum absolute atomic E-state index is 0.00235. The van der Waals surface area contributed by atoms with Crippen LogP contribution in [0, 0.1) is 17.8 Å². The van der Waals surface area contributed by atoms with Crippen molar-refractivity contribution in [1.82, 2.24) is 5.32 Å². The molecule has 0 aromatic carbocycles. The van der Waals surface area contributed by atoms with Crippen LogP contribution in [0.3, 0.4) is 0 Å². The van der Waals surface area contributed by atoms with Gasteiger partial charge in [-0.25, -0.2) is 0 Å². The second-order valence-corrected chi connectivity index (χ2v) is 6.48. The van der Waals surface area contributed by atoms with Crippen molar-refractivity contribution in [3.8, 4) is 0 Å². The van der Waals surface area contributed by atoms with Crippen molar-refractivity contribution in [1.29, 1.82) is 0 Å². The molecule has 18 heavy (non-hydrogen) atoms.